The highest BCUT2D eigenvalue weighted by Crippen LogP contribution is 2.41. The van der Waals surface area contributed by atoms with Crippen LogP contribution in [-0.2, 0) is 16.0 Å². The molecule has 3 rings (SSSR count). The first-order valence-corrected chi connectivity index (χ1v) is 9.00. The molecule has 0 fully saturated rings. The minimum Gasteiger partial charge on any atom is -0.503 e. The normalized spacial score (nSPS) is 17.1. The molecule has 1 N–H and O–H groups in total. The van der Waals surface area contributed by atoms with E-state index >= 15 is 0 Å². The molecule has 2 aromatic carbocycles. The van der Waals surface area contributed by atoms with E-state index in [0.717, 1.165) is 12.0 Å². The van der Waals surface area contributed by atoms with Crippen molar-refractivity contribution in [1.29, 1.82) is 0 Å². The molecule has 1 heterocycles. The van der Waals surface area contributed by atoms with Gasteiger partial charge in [0.25, 0.3) is 5.91 Å². The van der Waals surface area contributed by atoms with Crippen molar-refractivity contribution in [2.75, 3.05) is 4.90 Å². The Hall–Kier alpha value is -2.95. The van der Waals surface area contributed by atoms with Gasteiger partial charge in [0, 0.05) is 11.6 Å². The van der Waals surface area contributed by atoms with E-state index in [-0.39, 0.29) is 17.3 Å². The molecule has 0 aromatic heterocycles. The van der Waals surface area contributed by atoms with E-state index in [1.165, 1.54) is 29.2 Å². The molecule has 1 unspecified atom stereocenters. The molecule has 4 nitrogen and oxygen atoms in total. The van der Waals surface area contributed by atoms with Gasteiger partial charge in [0.1, 0.15) is 5.82 Å². The van der Waals surface area contributed by atoms with E-state index in [2.05, 4.69) is 0 Å². The van der Waals surface area contributed by atoms with E-state index in [1.807, 2.05) is 19.1 Å². The van der Waals surface area contributed by atoms with Gasteiger partial charge >= 0.3 is 0 Å². The summed E-state index contributed by atoms with van der Waals surface area (Å²) in [6, 6.07) is 12.2. The van der Waals surface area contributed by atoms with Gasteiger partial charge in [-0.2, -0.15) is 0 Å². The number of benzene rings is 2. The predicted molar refractivity (Wildman–Crippen MR) is 102 cm³/mol. The van der Waals surface area contributed by atoms with Gasteiger partial charge in [-0.1, -0.05) is 45.0 Å². The molecular formula is C22H22FNO3. The van der Waals surface area contributed by atoms with E-state index in [4.69, 9.17) is 0 Å². The number of rotatable bonds is 5. The van der Waals surface area contributed by atoms with Crippen LogP contribution in [-0.4, -0.2) is 16.8 Å². The summed E-state index contributed by atoms with van der Waals surface area (Å²) in [5, 5.41) is 10.5. The fourth-order valence-corrected chi connectivity index (χ4v) is 3.29. The van der Waals surface area contributed by atoms with Gasteiger partial charge in [0.05, 0.1) is 11.6 Å². The Morgan fingerprint density at radius 2 is 1.70 bits per heavy atom. The topological polar surface area (TPSA) is 57.6 Å². The molecule has 0 saturated heterocycles. The number of aryl methyl sites for hydroxylation is 1. The van der Waals surface area contributed by atoms with Gasteiger partial charge in [-0.3, -0.25) is 14.5 Å². The number of nitrogens with zero attached hydrogens (tertiary/aromatic N) is 1. The van der Waals surface area contributed by atoms with Crippen LogP contribution < -0.4 is 4.90 Å². The average Bonchev–Trinajstić information content (AvgIpc) is 2.93. The molecule has 0 bridgehead atoms. The van der Waals surface area contributed by atoms with Gasteiger partial charge in [-0.15, -0.1) is 0 Å². The Bertz CT molecular complexity index is 898. The molecule has 140 valence electrons. The number of ketones is 1. The fourth-order valence-electron chi connectivity index (χ4n) is 3.29. The molecule has 0 spiro atoms. The molecule has 0 aliphatic carbocycles. The maximum Gasteiger partial charge on any atom is 0.294 e. The number of amides is 1. The lowest BCUT2D eigenvalue weighted by Crippen LogP contribution is -2.31. The molecule has 5 heteroatoms. The zero-order chi connectivity index (χ0) is 19.7. The standard InChI is InChI=1S/C22H22FNO3/c1-4-14-5-11-17(12-6-14)24-19(15-7-9-16(23)10-8-15)18(20(25)13(2)3)21(26)22(24)27/h5-13,19,26H,4H2,1-3H3. The Kier molecular flexibility index (Phi) is 5.13. The van der Waals surface area contributed by atoms with Crippen molar-refractivity contribution in [2.45, 2.75) is 33.2 Å². The minimum absolute atomic E-state index is 0.0566. The second-order valence-electron chi connectivity index (χ2n) is 6.93. The van der Waals surface area contributed by atoms with E-state index in [9.17, 15) is 19.1 Å². The first-order valence-electron chi connectivity index (χ1n) is 9.00. The smallest absolute Gasteiger partial charge is 0.294 e. The highest BCUT2D eigenvalue weighted by Gasteiger charge is 2.44. The Labute approximate surface area is 157 Å². The van der Waals surface area contributed by atoms with Crippen molar-refractivity contribution in [3.63, 3.8) is 0 Å². The van der Waals surface area contributed by atoms with Crippen molar-refractivity contribution in [2.24, 2.45) is 5.92 Å². The Morgan fingerprint density at radius 1 is 1.11 bits per heavy atom. The number of carbonyl (C=O) groups is 2. The molecule has 27 heavy (non-hydrogen) atoms. The number of hydrogen-bond acceptors (Lipinski definition) is 3. The SMILES string of the molecule is CCc1ccc(N2C(=O)C(O)=C(C(=O)C(C)C)C2c2ccc(F)cc2)cc1. The third kappa shape index (κ3) is 3.37. The van der Waals surface area contributed by atoms with Crippen LogP contribution in [0.5, 0.6) is 0 Å². The molecule has 1 amide bonds. The highest BCUT2D eigenvalue weighted by molar-refractivity contribution is 6.16. The van der Waals surface area contributed by atoms with Crippen molar-refractivity contribution in [1.82, 2.24) is 0 Å². The van der Waals surface area contributed by atoms with Gasteiger partial charge in [0.15, 0.2) is 11.5 Å². The third-order valence-corrected chi connectivity index (χ3v) is 4.81. The second-order valence-corrected chi connectivity index (χ2v) is 6.93. The van der Waals surface area contributed by atoms with Crippen molar-refractivity contribution < 1.29 is 19.1 Å². The van der Waals surface area contributed by atoms with Gasteiger partial charge in [0.2, 0.25) is 0 Å². The van der Waals surface area contributed by atoms with Crippen molar-refractivity contribution >= 4 is 17.4 Å². The lowest BCUT2D eigenvalue weighted by atomic mass is 9.91. The predicted octanol–water partition coefficient (Wildman–Crippen LogP) is 4.51. The lowest BCUT2D eigenvalue weighted by molar-refractivity contribution is -0.119. The summed E-state index contributed by atoms with van der Waals surface area (Å²) in [4.78, 5) is 27.0. The molecule has 0 saturated carbocycles. The molecule has 2 aromatic rings. The molecule has 1 aliphatic heterocycles. The third-order valence-electron chi connectivity index (χ3n) is 4.81. The van der Waals surface area contributed by atoms with E-state index in [0.29, 0.717) is 11.3 Å². The first kappa shape index (κ1) is 18.8. The summed E-state index contributed by atoms with van der Waals surface area (Å²) in [6.45, 7) is 5.46. The number of hydrogen-bond donors (Lipinski definition) is 1. The molecule has 1 atom stereocenters. The van der Waals surface area contributed by atoms with Crippen molar-refractivity contribution in [3.8, 4) is 0 Å². The number of carbonyl (C=O) groups excluding carboxylic acids is 2. The van der Waals surface area contributed by atoms with Crippen molar-refractivity contribution in [3.05, 3.63) is 76.8 Å². The highest BCUT2D eigenvalue weighted by atomic mass is 19.1. The molecule has 1 aliphatic rings. The van der Waals surface area contributed by atoms with Gasteiger partial charge in [-0.05, 0) is 41.8 Å². The van der Waals surface area contributed by atoms with Crippen LogP contribution in [0.3, 0.4) is 0 Å². The van der Waals surface area contributed by atoms with Crippen LogP contribution in [0, 0.1) is 11.7 Å². The minimum atomic E-state index is -0.791. The van der Waals surface area contributed by atoms with Crippen LogP contribution in [0.25, 0.3) is 0 Å². The quantitative estimate of drug-likeness (QED) is 0.846. The fraction of sp³-hybridized carbons (Fsp3) is 0.273. The van der Waals surface area contributed by atoms with Crippen LogP contribution >= 0.6 is 0 Å². The van der Waals surface area contributed by atoms with Crippen LogP contribution in [0.2, 0.25) is 0 Å². The summed E-state index contributed by atoms with van der Waals surface area (Å²) >= 11 is 0. The Morgan fingerprint density at radius 3 is 2.22 bits per heavy atom. The van der Waals surface area contributed by atoms with Crippen LogP contribution in [0.1, 0.15) is 37.9 Å². The average molecular weight is 367 g/mol. The lowest BCUT2D eigenvalue weighted by Gasteiger charge is -2.27. The maximum absolute atomic E-state index is 13.4. The van der Waals surface area contributed by atoms with Crippen LogP contribution in [0.15, 0.2) is 59.9 Å². The van der Waals surface area contributed by atoms with E-state index < -0.39 is 23.5 Å². The largest absolute Gasteiger partial charge is 0.503 e. The zero-order valence-electron chi connectivity index (χ0n) is 15.6. The van der Waals surface area contributed by atoms with E-state index in [1.54, 1.807) is 26.0 Å². The number of Topliss-reactive ketones (excluding diaryl/α,β-unsaturated/α-hetero) is 1. The second kappa shape index (κ2) is 7.35. The molecular weight excluding hydrogens is 345 g/mol. The maximum atomic E-state index is 13.4. The number of aliphatic hydroxyl groups is 1. The van der Waals surface area contributed by atoms with Crippen LogP contribution in [0.4, 0.5) is 10.1 Å². The zero-order valence-corrected chi connectivity index (χ0v) is 15.6. The summed E-state index contributed by atoms with van der Waals surface area (Å²) < 4.78 is 13.4. The summed E-state index contributed by atoms with van der Waals surface area (Å²) in [7, 11) is 0. The number of halogens is 1. The summed E-state index contributed by atoms with van der Waals surface area (Å²) in [5.41, 5.74) is 2.31. The number of anilines is 1. The summed E-state index contributed by atoms with van der Waals surface area (Å²) in [5.74, 6) is -2.27. The Balaban J connectivity index is 2.15. The van der Waals surface area contributed by atoms with Gasteiger partial charge in [-0.25, -0.2) is 4.39 Å². The number of aliphatic hydroxyl groups excluding tert-OH is 1. The van der Waals surface area contributed by atoms with Gasteiger partial charge < -0.3 is 5.11 Å². The molecule has 0 radical (unpaired) electrons. The monoisotopic (exact) mass is 367 g/mol. The first-order chi connectivity index (χ1) is 12.8. The summed E-state index contributed by atoms with van der Waals surface area (Å²) in [6.07, 6.45) is 0.857.